The molecule has 1 N–H and O–H groups in total. The van der Waals surface area contributed by atoms with E-state index >= 15 is 0 Å². The highest BCUT2D eigenvalue weighted by Gasteiger charge is 2.33. The fourth-order valence-electron chi connectivity index (χ4n) is 4.18. The van der Waals surface area contributed by atoms with Gasteiger partial charge in [0, 0.05) is 30.1 Å². The molecular weight excluding hydrogens is 541 g/mol. The van der Waals surface area contributed by atoms with Crippen LogP contribution in [-0.4, -0.2) is 50.5 Å². The van der Waals surface area contributed by atoms with Crippen LogP contribution >= 0.6 is 11.6 Å². The maximum Gasteiger partial charge on any atom is 0.244 e. The van der Waals surface area contributed by atoms with Crippen molar-refractivity contribution in [1.29, 1.82) is 0 Å². The highest BCUT2D eigenvalue weighted by Crippen LogP contribution is 2.27. The molecule has 0 aliphatic rings. The van der Waals surface area contributed by atoms with Crippen molar-refractivity contribution in [2.24, 2.45) is 0 Å². The summed E-state index contributed by atoms with van der Waals surface area (Å²) in [6, 6.07) is 18.9. The van der Waals surface area contributed by atoms with Gasteiger partial charge in [-0.15, -0.1) is 0 Å². The Morgan fingerprint density at radius 2 is 1.69 bits per heavy atom. The molecule has 2 amide bonds. The van der Waals surface area contributed by atoms with Gasteiger partial charge in [-0.3, -0.25) is 13.9 Å². The molecule has 3 aromatic carbocycles. The van der Waals surface area contributed by atoms with Crippen LogP contribution in [0.4, 0.5) is 10.1 Å². The Morgan fingerprint density at radius 1 is 1.03 bits per heavy atom. The minimum atomic E-state index is -3.93. The van der Waals surface area contributed by atoms with Crippen LogP contribution in [0.25, 0.3) is 0 Å². The van der Waals surface area contributed by atoms with E-state index in [4.69, 9.17) is 11.6 Å². The summed E-state index contributed by atoms with van der Waals surface area (Å²) in [6.45, 7) is 3.19. The molecule has 0 spiro atoms. The minimum absolute atomic E-state index is 0.158. The van der Waals surface area contributed by atoms with E-state index in [-0.39, 0.29) is 24.2 Å². The molecular formula is C29H33ClFN3O4S. The number of benzene rings is 3. The molecule has 3 rings (SSSR count). The fraction of sp³-hybridized carbons (Fsp3) is 0.310. The molecule has 0 fully saturated rings. The molecule has 0 saturated heterocycles. The number of hydrogen-bond donors (Lipinski definition) is 1. The Hall–Kier alpha value is -3.43. The van der Waals surface area contributed by atoms with Gasteiger partial charge >= 0.3 is 0 Å². The van der Waals surface area contributed by atoms with Crippen molar-refractivity contribution in [3.63, 3.8) is 0 Å². The minimum Gasteiger partial charge on any atom is -0.354 e. The Morgan fingerprint density at radius 3 is 2.33 bits per heavy atom. The Labute approximate surface area is 234 Å². The summed E-state index contributed by atoms with van der Waals surface area (Å²) in [5, 5.41) is 3.15. The summed E-state index contributed by atoms with van der Waals surface area (Å²) in [5.74, 6) is -1.60. The van der Waals surface area contributed by atoms with Gasteiger partial charge in [0.25, 0.3) is 0 Å². The molecule has 7 nitrogen and oxygen atoms in total. The monoisotopic (exact) mass is 573 g/mol. The Balaban J connectivity index is 2.08. The third-order valence-corrected chi connectivity index (χ3v) is 7.60. The lowest BCUT2D eigenvalue weighted by molar-refractivity contribution is -0.140. The average Bonchev–Trinajstić information content (AvgIpc) is 2.90. The van der Waals surface area contributed by atoms with Gasteiger partial charge in [0.2, 0.25) is 21.8 Å². The van der Waals surface area contributed by atoms with E-state index in [1.807, 2.05) is 37.3 Å². The van der Waals surface area contributed by atoms with Gasteiger partial charge in [-0.25, -0.2) is 12.8 Å². The van der Waals surface area contributed by atoms with E-state index < -0.39 is 40.2 Å². The van der Waals surface area contributed by atoms with E-state index in [9.17, 15) is 22.4 Å². The SMILES string of the molecule is CCCNC(=O)[C@@H](Cc1ccccc1)N(Cc1ccccc1F)C(=O)CN(c1cc(Cl)ccc1C)S(C)(=O)=O. The third-order valence-electron chi connectivity index (χ3n) is 6.24. The van der Waals surface area contributed by atoms with Gasteiger partial charge in [-0.05, 0) is 42.7 Å². The first kappa shape index (κ1) is 30.1. The van der Waals surface area contributed by atoms with Gasteiger partial charge in [0.1, 0.15) is 18.4 Å². The highest BCUT2D eigenvalue weighted by atomic mass is 35.5. The average molecular weight is 574 g/mol. The molecule has 0 radical (unpaired) electrons. The smallest absolute Gasteiger partial charge is 0.244 e. The second-order valence-electron chi connectivity index (χ2n) is 9.31. The van der Waals surface area contributed by atoms with Crippen LogP contribution < -0.4 is 9.62 Å². The number of sulfonamides is 1. The maximum absolute atomic E-state index is 14.8. The van der Waals surface area contributed by atoms with Crippen molar-refractivity contribution >= 4 is 39.1 Å². The van der Waals surface area contributed by atoms with Crippen molar-refractivity contribution in [1.82, 2.24) is 10.2 Å². The summed E-state index contributed by atoms with van der Waals surface area (Å²) in [6.07, 6.45) is 1.84. The van der Waals surface area contributed by atoms with Gasteiger partial charge in [-0.2, -0.15) is 0 Å². The van der Waals surface area contributed by atoms with Crippen LogP contribution in [0.3, 0.4) is 0 Å². The number of aryl methyl sites for hydroxylation is 1. The van der Waals surface area contributed by atoms with Crippen LogP contribution in [0, 0.1) is 12.7 Å². The van der Waals surface area contributed by atoms with Crippen LogP contribution in [0.5, 0.6) is 0 Å². The zero-order chi connectivity index (χ0) is 28.6. The Bertz CT molecular complexity index is 1400. The molecule has 0 saturated carbocycles. The van der Waals surface area contributed by atoms with Crippen molar-refractivity contribution in [3.8, 4) is 0 Å². The largest absolute Gasteiger partial charge is 0.354 e. The van der Waals surface area contributed by atoms with Crippen LogP contribution in [0.1, 0.15) is 30.0 Å². The van der Waals surface area contributed by atoms with Crippen LogP contribution in [0.2, 0.25) is 5.02 Å². The summed E-state index contributed by atoms with van der Waals surface area (Å²) in [4.78, 5) is 28.7. The van der Waals surface area contributed by atoms with E-state index in [1.165, 1.54) is 29.2 Å². The van der Waals surface area contributed by atoms with Gasteiger partial charge in [0.15, 0.2) is 0 Å². The second-order valence-corrected chi connectivity index (χ2v) is 11.7. The molecule has 10 heteroatoms. The lowest BCUT2D eigenvalue weighted by Gasteiger charge is -2.34. The lowest BCUT2D eigenvalue weighted by atomic mass is 10.0. The molecule has 0 unspecified atom stereocenters. The van der Waals surface area contributed by atoms with Crippen molar-refractivity contribution < 1.29 is 22.4 Å². The normalized spacial score (nSPS) is 12.0. The van der Waals surface area contributed by atoms with Crippen molar-refractivity contribution in [3.05, 3.63) is 100 Å². The van der Waals surface area contributed by atoms with Gasteiger partial charge in [-0.1, -0.05) is 73.1 Å². The number of hydrogen-bond acceptors (Lipinski definition) is 4. The number of nitrogens with one attached hydrogen (secondary N) is 1. The predicted molar refractivity (Wildman–Crippen MR) is 153 cm³/mol. The third kappa shape index (κ3) is 8.28. The van der Waals surface area contributed by atoms with Crippen molar-refractivity contribution in [2.45, 2.75) is 39.3 Å². The molecule has 0 heterocycles. The number of rotatable bonds is 12. The standard InChI is InChI=1S/C29H33ClFN3O4S/c1-4-16-32-29(36)27(17-22-10-6-5-7-11-22)33(19-23-12-8-9-13-25(23)31)28(35)20-34(39(3,37)38)26-18-24(30)15-14-21(26)2/h5-15,18,27H,4,16-17,19-20H2,1-3H3,(H,32,36)/t27-/m1/s1. The number of carbonyl (C=O) groups is 2. The molecule has 0 bridgehead atoms. The fourth-order valence-corrected chi connectivity index (χ4v) is 5.24. The van der Waals surface area contributed by atoms with E-state index in [1.54, 1.807) is 25.1 Å². The van der Waals surface area contributed by atoms with Crippen LogP contribution in [0.15, 0.2) is 72.8 Å². The molecule has 0 aromatic heterocycles. The van der Waals surface area contributed by atoms with E-state index in [2.05, 4.69) is 5.32 Å². The van der Waals surface area contributed by atoms with Gasteiger partial charge < -0.3 is 10.2 Å². The molecule has 39 heavy (non-hydrogen) atoms. The first-order valence-electron chi connectivity index (χ1n) is 12.6. The first-order chi connectivity index (χ1) is 18.5. The number of nitrogens with zero attached hydrogens (tertiary/aromatic N) is 2. The summed E-state index contributed by atoms with van der Waals surface area (Å²) < 4.78 is 41.5. The summed E-state index contributed by atoms with van der Waals surface area (Å²) in [7, 11) is -3.93. The zero-order valence-corrected chi connectivity index (χ0v) is 23.8. The number of halogens is 2. The van der Waals surface area contributed by atoms with Gasteiger partial charge in [0.05, 0.1) is 11.9 Å². The topological polar surface area (TPSA) is 86.8 Å². The second kappa shape index (κ2) is 13.6. The Kier molecular flexibility index (Phi) is 10.5. The molecule has 3 aromatic rings. The van der Waals surface area contributed by atoms with Crippen molar-refractivity contribution in [2.75, 3.05) is 23.7 Å². The summed E-state index contributed by atoms with van der Waals surface area (Å²) >= 11 is 6.15. The zero-order valence-electron chi connectivity index (χ0n) is 22.2. The molecule has 208 valence electrons. The highest BCUT2D eigenvalue weighted by molar-refractivity contribution is 7.92. The van der Waals surface area contributed by atoms with Crippen LogP contribution in [-0.2, 0) is 32.6 Å². The van der Waals surface area contributed by atoms with E-state index in [0.717, 1.165) is 16.1 Å². The van der Waals surface area contributed by atoms with E-state index in [0.29, 0.717) is 23.6 Å². The number of amides is 2. The molecule has 0 aliphatic heterocycles. The number of anilines is 1. The predicted octanol–water partition coefficient (Wildman–Crippen LogP) is 4.72. The lowest BCUT2D eigenvalue weighted by Crippen LogP contribution is -2.53. The molecule has 1 atom stereocenters. The quantitative estimate of drug-likeness (QED) is 0.340. The molecule has 0 aliphatic carbocycles. The summed E-state index contributed by atoms with van der Waals surface area (Å²) in [5.41, 5.74) is 1.85. The first-order valence-corrected chi connectivity index (χ1v) is 14.8. The number of carbonyl (C=O) groups excluding carboxylic acids is 2. The maximum atomic E-state index is 14.8.